The third kappa shape index (κ3) is 4.85. The monoisotopic (exact) mass is 533 g/mol. The van der Waals surface area contributed by atoms with E-state index in [2.05, 4.69) is 32.9 Å². The van der Waals surface area contributed by atoms with Gasteiger partial charge in [-0.3, -0.25) is 0 Å². The molecule has 0 amide bonds. The third-order valence-electron chi connectivity index (χ3n) is 3.15. The van der Waals surface area contributed by atoms with Gasteiger partial charge in [0.25, 0.3) is 0 Å². The molecule has 2 aromatic carbocycles. The second-order valence-corrected chi connectivity index (χ2v) is 14.7. The minimum absolute atomic E-state index is 0.0768. The Hall–Kier alpha value is -0.292. The summed E-state index contributed by atoms with van der Waals surface area (Å²) in [6.45, 7) is 6.39. The van der Waals surface area contributed by atoms with Crippen molar-refractivity contribution in [1.82, 2.24) is 0 Å². The number of halogens is 5. The molecule has 0 heterocycles. The second-order valence-electron chi connectivity index (χ2n) is 6.05. The van der Waals surface area contributed by atoms with E-state index in [4.69, 9.17) is 0 Å². The molecule has 2 aromatic rings. The van der Waals surface area contributed by atoms with Crippen LogP contribution in [0.4, 0.5) is 11.3 Å². The summed E-state index contributed by atoms with van der Waals surface area (Å²) in [4.78, 5) is 0. The molecule has 2 rings (SSSR count). The average Bonchev–Trinajstić information content (AvgIpc) is 2.37. The molecule has 0 aromatic heterocycles. The average molecular weight is 534 g/mol. The number of hydrogen-bond donors (Lipinski definition) is 0. The Bertz CT molecular complexity index is 643. The molecule has 0 unspecified atom stereocenters. The van der Waals surface area contributed by atoms with Gasteiger partial charge in [-0.15, -0.1) is 0 Å². The first-order valence-corrected chi connectivity index (χ1v) is 14.0. The summed E-state index contributed by atoms with van der Waals surface area (Å²) >= 11 is -8.98. The molecule has 0 saturated heterocycles. The molecule has 0 fully saturated rings. The molecule has 0 radical (unpaired) electrons. The Morgan fingerprint density at radius 2 is 1.14 bits per heavy atom. The summed E-state index contributed by atoms with van der Waals surface area (Å²) in [5.41, 5.74) is 1.30. The van der Waals surface area contributed by atoms with E-state index in [0.717, 1.165) is 19.3 Å². The van der Waals surface area contributed by atoms with Crippen molar-refractivity contribution in [2.24, 2.45) is 0 Å². The van der Waals surface area contributed by atoms with E-state index in [9.17, 15) is 11.3 Å². The van der Waals surface area contributed by atoms with Crippen molar-refractivity contribution in [3.8, 4) is 0 Å². The second kappa shape index (κ2) is 5.97. The Morgan fingerprint density at radius 3 is 1.50 bits per heavy atom. The zero-order valence-electron chi connectivity index (χ0n) is 12.5. The fraction of sp³-hybridized carbons (Fsp3) is 0.250. The van der Waals surface area contributed by atoms with Gasteiger partial charge < -0.3 is 0 Å². The fourth-order valence-corrected chi connectivity index (χ4v) is 5.74. The molecular formula is C16H17F4ISb+. The molecule has 0 aliphatic carbocycles. The molecule has 22 heavy (non-hydrogen) atoms. The van der Waals surface area contributed by atoms with Gasteiger partial charge >= 0.3 is 143 Å². The van der Waals surface area contributed by atoms with Gasteiger partial charge in [-0.25, -0.2) is 0 Å². The summed E-state index contributed by atoms with van der Waals surface area (Å²) in [5.74, 6) is 0. The van der Waals surface area contributed by atoms with Gasteiger partial charge in [0.15, 0.2) is 0 Å². The molecule has 0 nitrogen and oxygen atoms in total. The van der Waals surface area contributed by atoms with E-state index in [-0.39, 0.29) is 5.41 Å². The van der Waals surface area contributed by atoms with Gasteiger partial charge in [-0.1, -0.05) is 0 Å². The summed E-state index contributed by atoms with van der Waals surface area (Å²) in [7, 11) is 0. The quantitative estimate of drug-likeness (QED) is 0.319. The van der Waals surface area contributed by atoms with Crippen LogP contribution in [0, 0.1) is 7.14 Å². The van der Waals surface area contributed by atoms with Crippen LogP contribution in [0.3, 0.4) is 0 Å². The normalized spacial score (nSPS) is 14.4. The van der Waals surface area contributed by atoms with Crippen molar-refractivity contribution in [3.05, 3.63) is 61.2 Å². The number of benzene rings is 2. The molecule has 0 saturated carbocycles. The third-order valence-corrected chi connectivity index (χ3v) is 8.91. The first kappa shape index (κ1) is 18.1. The van der Waals surface area contributed by atoms with Gasteiger partial charge in [-0.2, -0.15) is 0 Å². The molecule has 0 spiro atoms. The standard InChI is InChI=1S/C16H17I.4FH.Sb/c1-16(2,3)13-9-11-15(12-10-13)17-14-7-5-4-6-8-14;;;;;/h5-12H,1-3H3;4*1H;/q+1;;;;;+4/p-4. The first-order chi connectivity index (χ1) is 9.92. The SMILES string of the molecule is CC(C)(C)c1ccc([I+]c2cc[c]([Sb]([F])([F])([F])[F])cc2)cc1. The van der Waals surface area contributed by atoms with Crippen LogP contribution in [0.15, 0.2) is 48.5 Å². The van der Waals surface area contributed by atoms with Crippen molar-refractivity contribution in [2.75, 3.05) is 0 Å². The van der Waals surface area contributed by atoms with Crippen LogP contribution in [0.1, 0.15) is 26.3 Å². The van der Waals surface area contributed by atoms with E-state index < -0.39 is 44.4 Å². The van der Waals surface area contributed by atoms with E-state index in [1.54, 1.807) is 0 Å². The van der Waals surface area contributed by atoms with Crippen molar-refractivity contribution in [2.45, 2.75) is 26.2 Å². The zero-order chi connectivity index (χ0) is 16.6. The van der Waals surface area contributed by atoms with Crippen LogP contribution >= 0.6 is 0 Å². The predicted molar refractivity (Wildman–Crippen MR) is 78.8 cm³/mol. The molecule has 0 aliphatic heterocycles. The number of rotatable bonds is 3. The maximum absolute atomic E-state index is 12.7. The Labute approximate surface area is 142 Å². The predicted octanol–water partition coefficient (Wildman–Crippen LogP) is 1.59. The van der Waals surface area contributed by atoms with Crippen LogP contribution in [0.2, 0.25) is 0 Å². The van der Waals surface area contributed by atoms with E-state index in [1.807, 2.05) is 12.1 Å². The first-order valence-electron chi connectivity index (χ1n) is 6.67. The van der Waals surface area contributed by atoms with Crippen LogP contribution in [-0.2, 0) is 5.41 Å². The van der Waals surface area contributed by atoms with Crippen LogP contribution in [0.5, 0.6) is 0 Å². The molecule has 0 N–H and O–H groups in total. The van der Waals surface area contributed by atoms with Gasteiger partial charge in [0.05, 0.1) is 0 Å². The van der Waals surface area contributed by atoms with Crippen molar-refractivity contribution in [1.29, 1.82) is 0 Å². The Kier molecular flexibility index (Phi) is 4.90. The molecule has 0 bridgehead atoms. The summed E-state index contributed by atoms with van der Waals surface area (Å²) < 4.78 is 51.8. The molecular weight excluding hydrogens is 517 g/mol. The van der Waals surface area contributed by atoms with Crippen LogP contribution in [0.25, 0.3) is 0 Å². The Balaban J connectivity index is 2.15. The van der Waals surface area contributed by atoms with Gasteiger partial charge in [-0.05, 0) is 0 Å². The maximum atomic E-state index is 12.7. The molecule has 6 heteroatoms. The molecule has 120 valence electrons. The van der Waals surface area contributed by atoms with Crippen molar-refractivity contribution >= 4 is 23.2 Å². The summed E-state index contributed by atoms with van der Waals surface area (Å²) in [5, 5.41) is 0. The fourth-order valence-electron chi connectivity index (χ4n) is 1.87. The van der Waals surface area contributed by atoms with E-state index >= 15 is 0 Å². The zero-order valence-corrected chi connectivity index (χ0v) is 17.2. The van der Waals surface area contributed by atoms with Crippen LogP contribution < -0.4 is 24.7 Å². The minimum atomic E-state index is -8.42. The Morgan fingerprint density at radius 1 is 0.727 bits per heavy atom. The topological polar surface area (TPSA) is 0 Å². The van der Waals surface area contributed by atoms with Crippen molar-refractivity contribution in [3.63, 3.8) is 0 Å². The molecule has 0 aliphatic rings. The summed E-state index contributed by atoms with van der Waals surface area (Å²) in [6.07, 6.45) is 0. The van der Waals surface area contributed by atoms with Gasteiger partial charge in [0.2, 0.25) is 0 Å². The number of hydrogen-bond acceptors (Lipinski definition) is 0. The summed E-state index contributed by atoms with van der Waals surface area (Å²) in [6, 6.07) is 12.8. The van der Waals surface area contributed by atoms with E-state index in [0.29, 0.717) is 0 Å². The van der Waals surface area contributed by atoms with Gasteiger partial charge in [0.1, 0.15) is 0 Å². The van der Waals surface area contributed by atoms with Crippen LogP contribution in [-0.4, -0.2) is 19.7 Å². The van der Waals surface area contributed by atoms with Crippen molar-refractivity contribution < 1.29 is 32.5 Å². The molecule has 0 atom stereocenters. The van der Waals surface area contributed by atoms with E-state index in [1.165, 1.54) is 17.7 Å². The van der Waals surface area contributed by atoms with Gasteiger partial charge in [0, 0.05) is 0 Å².